The normalized spacial score (nSPS) is 17.6. The lowest BCUT2D eigenvalue weighted by atomic mass is 10.1. The van der Waals surface area contributed by atoms with Gasteiger partial charge >= 0.3 is 0 Å². The van der Waals surface area contributed by atoms with Crippen LogP contribution in [-0.2, 0) is 0 Å². The minimum Gasteiger partial charge on any atom is -0.301 e. The predicted molar refractivity (Wildman–Crippen MR) is 68.2 cm³/mol. The summed E-state index contributed by atoms with van der Waals surface area (Å²) in [5.41, 5.74) is 0. The second-order valence-corrected chi connectivity index (χ2v) is 5.26. The van der Waals surface area contributed by atoms with Crippen LogP contribution in [0.5, 0.6) is 0 Å². The first-order valence-electron chi connectivity index (χ1n) is 6.40. The van der Waals surface area contributed by atoms with Crippen LogP contribution < -0.4 is 0 Å². The van der Waals surface area contributed by atoms with Gasteiger partial charge in [0.2, 0.25) is 0 Å². The van der Waals surface area contributed by atoms with Crippen molar-refractivity contribution in [2.75, 3.05) is 0 Å². The fraction of sp³-hybridized carbons (Fsp3) is 0.833. The van der Waals surface area contributed by atoms with Crippen LogP contribution in [0.15, 0.2) is 0 Å². The molecule has 0 spiro atoms. The van der Waals surface area contributed by atoms with E-state index >= 15 is 0 Å². The molecule has 0 aliphatic heterocycles. The van der Waals surface area contributed by atoms with Gasteiger partial charge in [-0.2, -0.15) is 5.10 Å². The lowest BCUT2D eigenvalue weighted by Crippen LogP contribution is -2.09. The average Bonchev–Trinajstić information content (AvgIpc) is 3.02. The van der Waals surface area contributed by atoms with Crippen molar-refractivity contribution in [3.8, 4) is 0 Å². The predicted octanol–water partition coefficient (Wildman–Crippen LogP) is 3.96. The van der Waals surface area contributed by atoms with Gasteiger partial charge in [0.25, 0.3) is 0 Å². The summed E-state index contributed by atoms with van der Waals surface area (Å²) in [7, 11) is 0. The number of hydrogen-bond donors (Lipinski definition) is 1. The number of hydrogen-bond acceptors (Lipinski definition) is 2. The first kappa shape index (κ1) is 11.8. The third kappa shape index (κ3) is 2.54. The highest BCUT2D eigenvalue weighted by atomic mass is 32.1. The summed E-state index contributed by atoms with van der Waals surface area (Å²) < 4.78 is 3.04. The lowest BCUT2D eigenvalue weighted by molar-refractivity contribution is 0.458. The SMILES string of the molecule is CCCCCC(C)n1c(C2CC2)n[nH]c1=S. The number of rotatable bonds is 6. The van der Waals surface area contributed by atoms with Crippen molar-refractivity contribution in [1.29, 1.82) is 0 Å². The zero-order valence-electron chi connectivity index (χ0n) is 10.2. The molecule has 0 amide bonds. The molecule has 1 heterocycles. The first-order chi connectivity index (χ1) is 7.74. The standard InChI is InChI=1S/C12H21N3S/c1-3-4-5-6-9(2)15-11(10-7-8-10)13-14-12(15)16/h9-10H,3-8H2,1-2H3,(H,14,16). The minimum absolute atomic E-state index is 0.494. The lowest BCUT2D eigenvalue weighted by Gasteiger charge is -2.15. The molecule has 0 aromatic carbocycles. The molecule has 90 valence electrons. The number of aromatic nitrogens is 3. The molecule has 1 unspecified atom stereocenters. The van der Waals surface area contributed by atoms with Gasteiger partial charge in [-0.15, -0.1) is 0 Å². The maximum absolute atomic E-state index is 5.32. The summed E-state index contributed by atoms with van der Waals surface area (Å²) in [5, 5.41) is 7.32. The van der Waals surface area contributed by atoms with E-state index < -0.39 is 0 Å². The van der Waals surface area contributed by atoms with Crippen molar-refractivity contribution in [1.82, 2.24) is 14.8 Å². The Bertz CT molecular complexity index is 389. The second kappa shape index (κ2) is 5.13. The van der Waals surface area contributed by atoms with E-state index in [-0.39, 0.29) is 0 Å². The number of aromatic amines is 1. The molecule has 1 aromatic heterocycles. The maximum atomic E-state index is 5.32. The van der Waals surface area contributed by atoms with E-state index in [2.05, 4.69) is 28.6 Å². The smallest absolute Gasteiger partial charge is 0.195 e. The zero-order valence-corrected chi connectivity index (χ0v) is 11.0. The molecule has 0 radical (unpaired) electrons. The van der Waals surface area contributed by atoms with E-state index in [4.69, 9.17) is 12.2 Å². The molecular formula is C12H21N3S. The van der Waals surface area contributed by atoms with Gasteiger partial charge in [0.1, 0.15) is 5.82 Å². The van der Waals surface area contributed by atoms with Gasteiger partial charge in [-0.25, -0.2) is 0 Å². The van der Waals surface area contributed by atoms with Crippen LogP contribution in [0.2, 0.25) is 0 Å². The zero-order chi connectivity index (χ0) is 11.5. The second-order valence-electron chi connectivity index (χ2n) is 4.88. The molecule has 2 rings (SSSR count). The first-order valence-corrected chi connectivity index (χ1v) is 6.81. The van der Waals surface area contributed by atoms with Gasteiger partial charge in [-0.3, -0.25) is 5.10 Å². The van der Waals surface area contributed by atoms with Gasteiger partial charge in [-0.1, -0.05) is 26.2 Å². The average molecular weight is 239 g/mol. The van der Waals surface area contributed by atoms with Crippen molar-refractivity contribution in [3.63, 3.8) is 0 Å². The Balaban J connectivity index is 2.06. The van der Waals surface area contributed by atoms with Crippen LogP contribution in [0, 0.1) is 4.77 Å². The summed E-state index contributed by atoms with van der Waals surface area (Å²) in [6, 6.07) is 0.494. The summed E-state index contributed by atoms with van der Waals surface area (Å²) >= 11 is 5.32. The molecule has 0 bridgehead atoms. The van der Waals surface area contributed by atoms with Crippen LogP contribution in [0.3, 0.4) is 0 Å². The highest BCUT2D eigenvalue weighted by Crippen LogP contribution is 2.40. The fourth-order valence-electron chi connectivity index (χ4n) is 2.19. The number of nitrogens with zero attached hydrogens (tertiary/aromatic N) is 2. The molecular weight excluding hydrogens is 218 g/mol. The molecule has 16 heavy (non-hydrogen) atoms. The molecule has 1 aliphatic rings. The Hall–Kier alpha value is -0.640. The summed E-state index contributed by atoms with van der Waals surface area (Å²) in [4.78, 5) is 0. The van der Waals surface area contributed by atoms with Gasteiger partial charge in [0.15, 0.2) is 4.77 Å². The Kier molecular flexibility index (Phi) is 3.79. The molecule has 1 atom stereocenters. The van der Waals surface area contributed by atoms with E-state index in [1.165, 1.54) is 44.3 Å². The van der Waals surface area contributed by atoms with E-state index in [0.717, 1.165) is 4.77 Å². The molecule has 1 aliphatic carbocycles. The van der Waals surface area contributed by atoms with Crippen LogP contribution in [-0.4, -0.2) is 14.8 Å². The minimum atomic E-state index is 0.494. The highest BCUT2D eigenvalue weighted by molar-refractivity contribution is 7.71. The highest BCUT2D eigenvalue weighted by Gasteiger charge is 2.30. The molecule has 1 fully saturated rings. The van der Waals surface area contributed by atoms with E-state index in [1.54, 1.807) is 0 Å². The van der Waals surface area contributed by atoms with E-state index in [0.29, 0.717) is 12.0 Å². The Morgan fingerprint density at radius 2 is 2.25 bits per heavy atom. The van der Waals surface area contributed by atoms with Gasteiger partial charge in [-0.05, 0) is 38.4 Å². The topological polar surface area (TPSA) is 33.6 Å². The monoisotopic (exact) mass is 239 g/mol. The van der Waals surface area contributed by atoms with Crippen molar-refractivity contribution < 1.29 is 0 Å². The summed E-state index contributed by atoms with van der Waals surface area (Å²) in [6.45, 7) is 4.50. The summed E-state index contributed by atoms with van der Waals surface area (Å²) in [6.07, 6.45) is 7.64. The number of H-pyrrole nitrogens is 1. The van der Waals surface area contributed by atoms with Crippen molar-refractivity contribution in [2.24, 2.45) is 0 Å². The van der Waals surface area contributed by atoms with E-state index in [1.807, 2.05) is 0 Å². The van der Waals surface area contributed by atoms with Gasteiger partial charge in [0, 0.05) is 12.0 Å². The molecule has 1 N–H and O–H groups in total. The van der Waals surface area contributed by atoms with Crippen molar-refractivity contribution in [2.45, 2.75) is 64.3 Å². The quantitative estimate of drug-likeness (QED) is 0.602. The Morgan fingerprint density at radius 3 is 2.88 bits per heavy atom. The van der Waals surface area contributed by atoms with Gasteiger partial charge < -0.3 is 4.57 Å². The van der Waals surface area contributed by atoms with Crippen LogP contribution >= 0.6 is 12.2 Å². The van der Waals surface area contributed by atoms with E-state index in [9.17, 15) is 0 Å². The van der Waals surface area contributed by atoms with Crippen LogP contribution in [0.1, 0.15) is 70.2 Å². The van der Waals surface area contributed by atoms with Gasteiger partial charge in [0.05, 0.1) is 0 Å². The summed E-state index contributed by atoms with van der Waals surface area (Å²) in [5.74, 6) is 1.86. The molecule has 3 nitrogen and oxygen atoms in total. The number of nitrogens with one attached hydrogen (secondary N) is 1. The van der Waals surface area contributed by atoms with Crippen molar-refractivity contribution >= 4 is 12.2 Å². The molecule has 4 heteroatoms. The largest absolute Gasteiger partial charge is 0.301 e. The number of unbranched alkanes of at least 4 members (excludes halogenated alkanes) is 2. The molecule has 0 saturated heterocycles. The molecule has 1 saturated carbocycles. The molecule has 1 aromatic rings. The van der Waals surface area contributed by atoms with Crippen LogP contribution in [0.25, 0.3) is 0 Å². The maximum Gasteiger partial charge on any atom is 0.195 e. The Morgan fingerprint density at radius 1 is 1.50 bits per heavy atom. The third-order valence-corrected chi connectivity index (χ3v) is 3.63. The Labute approximate surface area is 102 Å². The third-order valence-electron chi connectivity index (χ3n) is 3.34. The van der Waals surface area contributed by atoms with Crippen LogP contribution in [0.4, 0.5) is 0 Å². The fourth-order valence-corrected chi connectivity index (χ4v) is 2.51. The van der Waals surface area contributed by atoms with Crippen molar-refractivity contribution in [3.05, 3.63) is 10.6 Å².